The Morgan fingerprint density at radius 2 is 2.22 bits per heavy atom. The van der Waals surface area contributed by atoms with E-state index in [0.717, 1.165) is 42.8 Å². The molecule has 7 nitrogen and oxygen atoms in total. The fourth-order valence-corrected chi connectivity index (χ4v) is 3.32. The smallest absolute Gasteiger partial charge is 0.274 e. The predicted molar refractivity (Wildman–Crippen MR) is 91.6 cm³/mol. The van der Waals surface area contributed by atoms with Crippen LogP contribution in [0.15, 0.2) is 16.7 Å². The van der Waals surface area contributed by atoms with Gasteiger partial charge >= 0.3 is 0 Å². The summed E-state index contributed by atoms with van der Waals surface area (Å²) in [5.41, 5.74) is 0.603. The van der Waals surface area contributed by atoms with Crippen molar-refractivity contribution in [3.63, 3.8) is 0 Å². The molecule has 1 aliphatic heterocycles. The van der Waals surface area contributed by atoms with Gasteiger partial charge in [-0.1, -0.05) is 0 Å². The fourth-order valence-electron chi connectivity index (χ4n) is 2.86. The van der Waals surface area contributed by atoms with Crippen LogP contribution in [-0.2, 0) is 13.6 Å². The van der Waals surface area contributed by atoms with Crippen LogP contribution in [0.5, 0.6) is 0 Å². The zero-order valence-corrected chi connectivity index (χ0v) is 14.9. The van der Waals surface area contributed by atoms with Crippen LogP contribution in [0.4, 0.5) is 5.95 Å². The molecule has 1 amide bonds. The highest BCUT2D eigenvalue weighted by Crippen LogP contribution is 2.23. The summed E-state index contributed by atoms with van der Waals surface area (Å²) in [5.74, 6) is 1.49. The van der Waals surface area contributed by atoms with Gasteiger partial charge in [-0.3, -0.25) is 10.1 Å². The maximum absolute atomic E-state index is 12.5. The summed E-state index contributed by atoms with van der Waals surface area (Å²) in [4.78, 5) is 17.0. The Kier molecular flexibility index (Phi) is 4.82. The largest absolute Gasteiger partial charge is 0.343 e. The molecule has 124 valence electrons. The molecule has 0 aliphatic carbocycles. The van der Waals surface area contributed by atoms with Crippen molar-refractivity contribution in [2.75, 3.05) is 18.4 Å². The second kappa shape index (κ2) is 6.84. The van der Waals surface area contributed by atoms with E-state index in [-0.39, 0.29) is 5.91 Å². The van der Waals surface area contributed by atoms with Crippen LogP contribution in [0.3, 0.4) is 0 Å². The topological polar surface area (TPSA) is 76.8 Å². The first-order chi connectivity index (χ1) is 11.1. The maximum Gasteiger partial charge on any atom is 0.274 e. The van der Waals surface area contributed by atoms with Gasteiger partial charge in [0.05, 0.1) is 0 Å². The number of carbonyl (C=O) groups is 1. The second-order valence-corrected chi connectivity index (χ2v) is 6.64. The number of nitrogens with zero attached hydrogens (tertiary/aromatic N) is 4. The van der Waals surface area contributed by atoms with E-state index in [9.17, 15) is 4.79 Å². The average molecular weight is 381 g/mol. The van der Waals surface area contributed by atoms with E-state index in [0.29, 0.717) is 17.6 Å². The Labute approximate surface area is 143 Å². The lowest BCUT2D eigenvalue weighted by Gasteiger charge is -2.19. The summed E-state index contributed by atoms with van der Waals surface area (Å²) in [7, 11) is 1.81. The number of halogens is 1. The molecule has 1 saturated heterocycles. The van der Waals surface area contributed by atoms with Crippen molar-refractivity contribution in [3.05, 3.63) is 28.3 Å². The highest BCUT2D eigenvalue weighted by Gasteiger charge is 2.22. The van der Waals surface area contributed by atoms with Gasteiger partial charge in [0, 0.05) is 30.2 Å². The van der Waals surface area contributed by atoms with Gasteiger partial charge in [-0.2, -0.15) is 10.1 Å². The lowest BCUT2D eigenvalue weighted by Crippen LogP contribution is -2.27. The van der Waals surface area contributed by atoms with Crippen LogP contribution in [0, 0.1) is 0 Å². The number of aromatic nitrogens is 4. The Bertz CT molecular complexity index is 701. The van der Waals surface area contributed by atoms with Crippen molar-refractivity contribution in [2.24, 2.45) is 7.05 Å². The van der Waals surface area contributed by atoms with Gasteiger partial charge in [-0.25, -0.2) is 4.68 Å². The van der Waals surface area contributed by atoms with Gasteiger partial charge < -0.3 is 9.88 Å². The maximum atomic E-state index is 12.5. The molecule has 0 bridgehead atoms. The molecule has 3 rings (SSSR count). The van der Waals surface area contributed by atoms with Crippen LogP contribution >= 0.6 is 15.9 Å². The zero-order chi connectivity index (χ0) is 16.4. The van der Waals surface area contributed by atoms with Gasteiger partial charge in [0.15, 0.2) is 5.82 Å². The molecule has 0 radical (unpaired) electrons. The van der Waals surface area contributed by atoms with Crippen molar-refractivity contribution < 1.29 is 4.79 Å². The average Bonchev–Trinajstić information content (AvgIpc) is 3.11. The number of hydrogen-bond acceptors (Lipinski definition) is 4. The molecule has 23 heavy (non-hydrogen) atoms. The summed E-state index contributed by atoms with van der Waals surface area (Å²) >= 11 is 3.41. The molecule has 1 fully saturated rings. The number of piperidine rings is 1. The van der Waals surface area contributed by atoms with Crippen LogP contribution < -0.4 is 10.6 Å². The first kappa shape index (κ1) is 16.2. The third kappa shape index (κ3) is 3.48. The van der Waals surface area contributed by atoms with Gasteiger partial charge in [0.2, 0.25) is 5.95 Å². The van der Waals surface area contributed by atoms with E-state index in [2.05, 4.69) is 36.6 Å². The quantitative estimate of drug-likeness (QED) is 0.851. The highest BCUT2D eigenvalue weighted by atomic mass is 79.9. The molecule has 8 heteroatoms. The van der Waals surface area contributed by atoms with Crippen molar-refractivity contribution in [2.45, 2.75) is 32.2 Å². The van der Waals surface area contributed by atoms with Crippen LogP contribution in [0.1, 0.15) is 42.0 Å². The van der Waals surface area contributed by atoms with E-state index < -0.39 is 0 Å². The number of carbonyl (C=O) groups excluding carboxylic acids is 1. The molecular formula is C15H21BrN6O. The van der Waals surface area contributed by atoms with Crippen LogP contribution in [-0.4, -0.2) is 38.3 Å². The number of amides is 1. The Morgan fingerprint density at radius 1 is 1.48 bits per heavy atom. The molecule has 3 heterocycles. The minimum absolute atomic E-state index is 0.176. The van der Waals surface area contributed by atoms with E-state index in [4.69, 9.17) is 0 Å². The summed E-state index contributed by atoms with van der Waals surface area (Å²) in [6, 6.07) is 1.81. The van der Waals surface area contributed by atoms with E-state index in [1.54, 1.807) is 4.68 Å². The normalized spacial score (nSPS) is 15.8. The Balaban J connectivity index is 1.77. The first-order valence-electron chi connectivity index (χ1n) is 7.87. The lowest BCUT2D eigenvalue weighted by atomic mass is 9.98. The van der Waals surface area contributed by atoms with E-state index >= 15 is 0 Å². The number of hydrogen-bond donors (Lipinski definition) is 2. The monoisotopic (exact) mass is 380 g/mol. The molecule has 0 spiro atoms. The summed E-state index contributed by atoms with van der Waals surface area (Å²) in [6.45, 7) is 4.71. The second-order valence-electron chi connectivity index (χ2n) is 5.73. The Hall–Kier alpha value is -1.67. The molecule has 0 aromatic carbocycles. The Morgan fingerprint density at radius 3 is 2.91 bits per heavy atom. The van der Waals surface area contributed by atoms with Gasteiger partial charge in [0.1, 0.15) is 5.69 Å². The van der Waals surface area contributed by atoms with Crippen molar-refractivity contribution in [1.82, 2.24) is 24.6 Å². The molecule has 2 aromatic heterocycles. The molecule has 0 saturated carbocycles. The molecule has 2 aromatic rings. The molecule has 0 unspecified atom stereocenters. The molecular weight excluding hydrogens is 360 g/mol. The first-order valence-corrected chi connectivity index (χ1v) is 8.66. The van der Waals surface area contributed by atoms with Gasteiger partial charge in [0.25, 0.3) is 5.91 Å². The highest BCUT2D eigenvalue weighted by molar-refractivity contribution is 9.10. The van der Waals surface area contributed by atoms with E-state index in [1.165, 1.54) is 0 Å². The summed E-state index contributed by atoms with van der Waals surface area (Å²) in [6.07, 6.45) is 3.96. The van der Waals surface area contributed by atoms with E-state index in [1.807, 2.05) is 30.8 Å². The number of nitrogens with one attached hydrogen (secondary N) is 2. The summed E-state index contributed by atoms with van der Waals surface area (Å²) in [5, 5.41) is 10.7. The minimum atomic E-state index is -0.176. The molecule has 2 N–H and O–H groups in total. The van der Waals surface area contributed by atoms with Crippen molar-refractivity contribution in [1.29, 1.82) is 0 Å². The number of rotatable bonds is 4. The minimum Gasteiger partial charge on any atom is -0.343 e. The predicted octanol–water partition coefficient (Wildman–Crippen LogP) is 2.12. The molecule has 0 atom stereocenters. The lowest BCUT2D eigenvalue weighted by molar-refractivity contribution is 0.101. The van der Waals surface area contributed by atoms with Crippen molar-refractivity contribution >= 4 is 27.8 Å². The van der Waals surface area contributed by atoms with Gasteiger partial charge in [-0.05, 0) is 54.9 Å². The standard InChI is InChI=1S/C15H21BrN6O/c1-3-22-9-11(16)8-12(22)14(23)19-15-18-13(20-21(15)2)10-4-6-17-7-5-10/h8-10,17H,3-7H2,1-2H3,(H,18,19,20,23). The van der Waals surface area contributed by atoms with Gasteiger partial charge in [-0.15, -0.1) is 0 Å². The SMILES string of the molecule is CCn1cc(Br)cc1C(=O)Nc1nc(C2CCNCC2)nn1C. The van der Waals surface area contributed by atoms with Crippen molar-refractivity contribution in [3.8, 4) is 0 Å². The third-order valence-corrected chi connectivity index (χ3v) is 4.58. The molecule has 1 aliphatic rings. The zero-order valence-electron chi connectivity index (χ0n) is 13.3. The third-order valence-electron chi connectivity index (χ3n) is 4.15. The van der Waals surface area contributed by atoms with Crippen LogP contribution in [0.25, 0.3) is 0 Å². The fraction of sp³-hybridized carbons (Fsp3) is 0.533. The summed E-state index contributed by atoms with van der Waals surface area (Å²) < 4.78 is 4.42. The number of anilines is 1. The number of aryl methyl sites for hydroxylation is 2. The van der Waals surface area contributed by atoms with Crippen LogP contribution in [0.2, 0.25) is 0 Å².